The van der Waals surface area contributed by atoms with Gasteiger partial charge >= 0.3 is 0 Å². The maximum absolute atomic E-state index is 12.7. The summed E-state index contributed by atoms with van der Waals surface area (Å²) in [5, 5.41) is 0. The zero-order chi connectivity index (χ0) is 14.2. The third kappa shape index (κ3) is 2.12. The summed E-state index contributed by atoms with van der Waals surface area (Å²) >= 11 is 0. The number of piperidine rings is 2. The molecule has 0 radical (unpaired) electrons. The van der Waals surface area contributed by atoms with Gasteiger partial charge in [0.15, 0.2) is 0 Å². The van der Waals surface area contributed by atoms with Crippen LogP contribution in [0, 0.1) is 0 Å². The van der Waals surface area contributed by atoms with Gasteiger partial charge in [-0.05, 0) is 58.3 Å². The van der Waals surface area contributed by atoms with Gasteiger partial charge in [-0.25, -0.2) is 0 Å². The van der Waals surface area contributed by atoms with Crippen molar-refractivity contribution in [3.05, 3.63) is 30.1 Å². The normalized spacial score (nSPS) is 30.9. The van der Waals surface area contributed by atoms with Crippen LogP contribution in [0.15, 0.2) is 24.4 Å². The highest BCUT2D eigenvalue weighted by atomic mass is 16.2. The monoisotopic (exact) mass is 273 g/mol. The molecule has 2 fully saturated rings. The molecule has 2 atom stereocenters. The van der Waals surface area contributed by atoms with E-state index in [2.05, 4.69) is 28.8 Å². The number of hydrogen-bond donors (Lipinski definition) is 0. The van der Waals surface area contributed by atoms with Crippen LogP contribution in [-0.4, -0.2) is 52.4 Å². The van der Waals surface area contributed by atoms with E-state index >= 15 is 0 Å². The highest BCUT2D eigenvalue weighted by Gasteiger charge is 2.47. The highest BCUT2D eigenvalue weighted by molar-refractivity contribution is 5.92. The number of carbonyl (C=O) groups is 1. The van der Waals surface area contributed by atoms with E-state index in [4.69, 9.17) is 0 Å². The van der Waals surface area contributed by atoms with Crippen molar-refractivity contribution in [3.8, 4) is 0 Å². The number of fused-ring (bicyclic) bond motifs is 1. The summed E-state index contributed by atoms with van der Waals surface area (Å²) in [6, 6.07) is 5.88. The van der Waals surface area contributed by atoms with Gasteiger partial charge in [-0.15, -0.1) is 0 Å². The lowest BCUT2D eigenvalue weighted by molar-refractivity contribution is -0.0349. The summed E-state index contributed by atoms with van der Waals surface area (Å²) in [6.45, 7) is 4.32. The number of pyridine rings is 1. The lowest BCUT2D eigenvalue weighted by Gasteiger charge is -2.55. The second-order valence-corrected chi connectivity index (χ2v) is 6.25. The van der Waals surface area contributed by atoms with Crippen LogP contribution >= 0.6 is 0 Å². The third-order valence-electron chi connectivity index (χ3n) is 5.16. The Morgan fingerprint density at radius 2 is 2.20 bits per heavy atom. The van der Waals surface area contributed by atoms with Crippen molar-refractivity contribution < 1.29 is 4.79 Å². The fourth-order valence-electron chi connectivity index (χ4n) is 3.83. The Kier molecular flexibility index (Phi) is 3.50. The molecule has 20 heavy (non-hydrogen) atoms. The largest absolute Gasteiger partial charge is 0.332 e. The molecule has 108 valence electrons. The Labute approximate surface area is 120 Å². The van der Waals surface area contributed by atoms with Gasteiger partial charge in [0, 0.05) is 18.3 Å². The first kappa shape index (κ1) is 13.6. The van der Waals surface area contributed by atoms with Crippen LogP contribution < -0.4 is 0 Å². The maximum Gasteiger partial charge on any atom is 0.272 e. The zero-order valence-corrected chi connectivity index (χ0v) is 12.4. The van der Waals surface area contributed by atoms with E-state index in [-0.39, 0.29) is 11.4 Å². The Hall–Kier alpha value is -1.42. The maximum atomic E-state index is 12.7. The van der Waals surface area contributed by atoms with Crippen LogP contribution in [0.2, 0.25) is 0 Å². The standard InChI is InChI=1S/C16H23N3O/c1-16-9-6-12-19(14(16)8-5-11-18(16)2)15(20)13-7-3-4-10-17-13/h3-4,7,10,14H,5-6,8-9,11-12H2,1-2H3/t14-,16+/m1/s1. The van der Waals surface area contributed by atoms with Gasteiger partial charge in [0.25, 0.3) is 5.91 Å². The van der Waals surface area contributed by atoms with E-state index < -0.39 is 0 Å². The highest BCUT2D eigenvalue weighted by Crippen LogP contribution is 2.38. The minimum absolute atomic E-state index is 0.0943. The smallest absolute Gasteiger partial charge is 0.272 e. The first-order valence-electron chi connectivity index (χ1n) is 7.56. The van der Waals surface area contributed by atoms with Crippen molar-refractivity contribution in [2.24, 2.45) is 0 Å². The number of amides is 1. The van der Waals surface area contributed by atoms with Crippen molar-refractivity contribution in [1.82, 2.24) is 14.8 Å². The first-order valence-corrected chi connectivity index (χ1v) is 7.56. The van der Waals surface area contributed by atoms with Crippen LogP contribution in [0.25, 0.3) is 0 Å². The third-order valence-corrected chi connectivity index (χ3v) is 5.16. The van der Waals surface area contributed by atoms with Gasteiger partial charge in [0.2, 0.25) is 0 Å². The van der Waals surface area contributed by atoms with E-state index in [9.17, 15) is 4.79 Å². The van der Waals surface area contributed by atoms with Gasteiger partial charge in [-0.2, -0.15) is 0 Å². The molecule has 0 unspecified atom stereocenters. The second-order valence-electron chi connectivity index (χ2n) is 6.25. The molecule has 0 aromatic carbocycles. The molecule has 2 saturated heterocycles. The van der Waals surface area contributed by atoms with E-state index in [1.54, 1.807) is 6.20 Å². The minimum atomic E-state index is 0.0943. The van der Waals surface area contributed by atoms with E-state index in [1.165, 1.54) is 12.8 Å². The van der Waals surface area contributed by atoms with Gasteiger partial charge in [-0.3, -0.25) is 14.7 Å². The van der Waals surface area contributed by atoms with Crippen molar-refractivity contribution >= 4 is 5.91 Å². The number of likely N-dealkylation sites (tertiary alicyclic amines) is 2. The van der Waals surface area contributed by atoms with E-state index in [0.29, 0.717) is 11.7 Å². The summed E-state index contributed by atoms with van der Waals surface area (Å²) < 4.78 is 0. The van der Waals surface area contributed by atoms with Crippen LogP contribution in [0.3, 0.4) is 0 Å². The lowest BCUT2D eigenvalue weighted by Crippen LogP contribution is -2.66. The summed E-state index contributed by atoms with van der Waals surface area (Å²) in [5.74, 6) is 0.0943. The molecule has 3 rings (SSSR count). The molecule has 4 nitrogen and oxygen atoms in total. The molecule has 1 aromatic heterocycles. The van der Waals surface area contributed by atoms with Gasteiger partial charge < -0.3 is 4.90 Å². The lowest BCUT2D eigenvalue weighted by atomic mass is 9.76. The molecule has 1 aromatic rings. The average molecular weight is 273 g/mol. The second kappa shape index (κ2) is 5.17. The minimum Gasteiger partial charge on any atom is -0.332 e. The fraction of sp³-hybridized carbons (Fsp3) is 0.625. The SMILES string of the molecule is CN1CCC[C@H]2N(C(=O)c3ccccn3)CCC[C@@]21C. The Balaban J connectivity index is 1.88. The van der Waals surface area contributed by atoms with E-state index in [0.717, 1.165) is 25.9 Å². The molecule has 0 spiro atoms. The van der Waals surface area contributed by atoms with Crippen molar-refractivity contribution in [2.75, 3.05) is 20.1 Å². The number of likely N-dealkylation sites (N-methyl/N-ethyl adjacent to an activating group) is 1. The summed E-state index contributed by atoms with van der Waals surface area (Å²) in [6.07, 6.45) is 6.24. The molecule has 1 amide bonds. The van der Waals surface area contributed by atoms with Crippen LogP contribution in [-0.2, 0) is 0 Å². The number of hydrogen-bond acceptors (Lipinski definition) is 3. The molecular formula is C16H23N3O. The Bertz CT molecular complexity index is 490. The molecule has 2 aliphatic rings. The Morgan fingerprint density at radius 3 is 2.95 bits per heavy atom. The number of rotatable bonds is 1. The van der Waals surface area contributed by atoms with Crippen LogP contribution in [0.4, 0.5) is 0 Å². The summed E-state index contributed by atoms with van der Waals surface area (Å²) in [5.41, 5.74) is 0.700. The number of aromatic nitrogens is 1. The van der Waals surface area contributed by atoms with Gasteiger partial charge in [-0.1, -0.05) is 6.07 Å². The summed E-state index contributed by atoms with van der Waals surface area (Å²) in [4.78, 5) is 21.5. The van der Waals surface area contributed by atoms with Crippen LogP contribution in [0.5, 0.6) is 0 Å². The van der Waals surface area contributed by atoms with Crippen molar-refractivity contribution in [2.45, 2.75) is 44.2 Å². The molecule has 0 N–H and O–H groups in total. The first-order chi connectivity index (χ1) is 9.63. The predicted octanol–water partition coefficient (Wildman–Crippen LogP) is 2.17. The van der Waals surface area contributed by atoms with Crippen LogP contribution in [0.1, 0.15) is 43.1 Å². The predicted molar refractivity (Wildman–Crippen MR) is 78.6 cm³/mol. The molecule has 2 aliphatic heterocycles. The number of nitrogens with zero attached hydrogens (tertiary/aromatic N) is 3. The van der Waals surface area contributed by atoms with Gasteiger partial charge in [0.1, 0.15) is 5.69 Å². The fourth-order valence-corrected chi connectivity index (χ4v) is 3.83. The Morgan fingerprint density at radius 1 is 1.35 bits per heavy atom. The molecule has 0 saturated carbocycles. The molecule has 0 aliphatic carbocycles. The quantitative estimate of drug-likeness (QED) is 0.787. The molecule has 4 heteroatoms. The topological polar surface area (TPSA) is 36.4 Å². The number of carbonyl (C=O) groups excluding carboxylic acids is 1. The molecule has 3 heterocycles. The zero-order valence-electron chi connectivity index (χ0n) is 12.4. The molecular weight excluding hydrogens is 250 g/mol. The average Bonchev–Trinajstić information content (AvgIpc) is 2.48. The van der Waals surface area contributed by atoms with Crippen molar-refractivity contribution in [3.63, 3.8) is 0 Å². The van der Waals surface area contributed by atoms with Crippen molar-refractivity contribution in [1.29, 1.82) is 0 Å². The van der Waals surface area contributed by atoms with Gasteiger partial charge in [0.05, 0.1) is 6.04 Å². The summed E-state index contributed by atoms with van der Waals surface area (Å²) in [7, 11) is 2.20. The van der Waals surface area contributed by atoms with E-state index in [1.807, 2.05) is 18.2 Å². The molecule has 0 bridgehead atoms.